The zero-order valence-corrected chi connectivity index (χ0v) is 15.1. The Labute approximate surface area is 156 Å². The van der Waals surface area contributed by atoms with Gasteiger partial charge in [0.2, 0.25) is 5.91 Å². The first-order chi connectivity index (χ1) is 12.7. The highest BCUT2D eigenvalue weighted by Crippen LogP contribution is 2.34. The summed E-state index contributed by atoms with van der Waals surface area (Å²) in [5.41, 5.74) is 2.42. The maximum atomic E-state index is 12.5. The molecule has 0 bridgehead atoms. The molecule has 0 aromatic heterocycles. The van der Waals surface area contributed by atoms with Gasteiger partial charge in [0.05, 0.1) is 17.5 Å². The number of rotatable bonds is 4. The molecule has 2 N–H and O–H groups in total. The van der Waals surface area contributed by atoms with Gasteiger partial charge in [0, 0.05) is 29.5 Å². The first kappa shape index (κ1) is 17.1. The molecule has 2 heterocycles. The van der Waals surface area contributed by atoms with Crippen molar-refractivity contribution in [3.05, 3.63) is 59.7 Å². The number of carbonyl (C=O) groups excluding carboxylic acids is 2. The maximum Gasteiger partial charge on any atom is 0.251 e. The Hall–Kier alpha value is -2.31. The second kappa shape index (κ2) is 7.51. The Balaban J connectivity index is 1.41. The average Bonchev–Trinajstić information content (AvgIpc) is 3.15. The van der Waals surface area contributed by atoms with Crippen LogP contribution in [0.4, 0.5) is 5.69 Å². The molecule has 0 aliphatic carbocycles. The monoisotopic (exact) mass is 368 g/mol. The van der Waals surface area contributed by atoms with Crippen molar-refractivity contribution >= 4 is 29.3 Å². The number of anilines is 1. The molecule has 2 aromatic rings. The fraction of sp³-hybridized carbons (Fsp3) is 0.300. The second-order valence-corrected chi connectivity index (χ2v) is 7.53. The molecule has 2 amide bonds. The molecule has 0 saturated carbocycles. The number of hydrogen-bond donors (Lipinski definition) is 2. The maximum absolute atomic E-state index is 12.5. The number of benzene rings is 2. The van der Waals surface area contributed by atoms with E-state index in [0.29, 0.717) is 30.2 Å². The molecular weight excluding hydrogens is 348 g/mol. The van der Waals surface area contributed by atoms with Crippen molar-refractivity contribution in [2.75, 3.05) is 24.2 Å². The van der Waals surface area contributed by atoms with Crippen LogP contribution in [0, 0.1) is 5.92 Å². The molecular formula is C20H20N2O3S. The Morgan fingerprint density at radius 1 is 1.23 bits per heavy atom. The van der Waals surface area contributed by atoms with Crippen LogP contribution in [0.25, 0.3) is 0 Å². The summed E-state index contributed by atoms with van der Waals surface area (Å²) in [5.74, 6) is 0.514. The van der Waals surface area contributed by atoms with Crippen LogP contribution in [0.1, 0.15) is 28.4 Å². The van der Waals surface area contributed by atoms with Crippen molar-refractivity contribution in [3.63, 3.8) is 0 Å². The van der Waals surface area contributed by atoms with Crippen LogP contribution in [0.5, 0.6) is 0 Å². The number of nitrogens with one attached hydrogen (secondary N) is 2. The Morgan fingerprint density at radius 3 is 2.92 bits per heavy atom. The van der Waals surface area contributed by atoms with E-state index in [1.54, 1.807) is 12.1 Å². The van der Waals surface area contributed by atoms with Crippen LogP contribution in [-0.2, 0) is 9.53 Å². The van der Waals surface area contributed by atoms with E-state index in [1.165, 1.54) is 11.8 Å². The van der Waals surface area contributed by atoms with Crippen LogP contribution in [0.15, 0.2) is 53.4 Å². The lowest BCUT2D eigenvalue weighted by molar-refractivity contribution is -0.113. The van der Waals surface area contributed by atoms with Gasteiger partial charge < -0.3 is 15.4 Å². The highest BCUT2D eigenvalue weighted by Gasteiger charge is 2.30. The lowest BCUT2D eigenvalue weighted by Gasteiger charge is -2.20. The number of fused-ring (bicyclic) bond motifs is 1. The number of thioether (sulfide) groups is 1. The van der Waals surface area contributed by atoms with Crippen LogP contribution >= 0.6 is 11.8 Å². The van der Waals surface area contributed by atoms with E-state index in [0.717, 1.165) is 16.9 Å². The van der Waals surface area contributed by atoms with Gasteiger partial charge in [-0.2, -0.15) is 0 Å². The minimum Gasteiger partial charge on any atom is -0.373 e. The molecule has 2 atom stereocenters. The smallest absolute Gasteiger partial charge is 0.251 e. The third-order valence-electron chi connectivity index (χ3n) is 4.74. The summed E-state index contributed by atoms with van der Waals surface area (Å²) < 4.78 is 5.87. The Bertz CT molecular complexity index is 825. The van der Waals surface area contributed by atoms with Gasteiger partial charge in [-0.3, -0.25) is 9.59 Å². The summed E-state index contributed by atoms with van der Waals surface area (Å²) in [6.45, 7) is 1.28. The first-order valence-electron chi connectivity index (χ1n) is 8.72. The minimum atomic E-state index is -0.128. The normalized spacial score (nSPS) is 21.8. The summed E-state index contributed by atoms with van der Waals surface area (Å²) in [4.78, 5) is 25.1. The highest BCUT2D eigenvalue weighted by molar-refractivity contribution is 8.00. The zero-order valence-electron chi connectivity index (χ0n) is 14.2. The van der Waals surface area contributed by atoms with Crippen LogP contribution < -0.4 is 10.6 Å². The van der Waals surface area contributed by atoms with Gasteiger partial charge >= 0.3 is 0 Å². The third kappa shape index (κ3) is 3.61. The molecule has 0 spiro atoms. The second-order valence-electron chi connectivity index (χ2n) is 6.51. The van der Waals surface area contributed by atoms with E-state index in [2.05, 4.69) is 22.8 Å². The summed E-state index contributed by atoms with van der Waals surface area (Å²) in [7, 11) is 0. The van der Waals surface area contributed by atoms with Gasteiger partial charge in [-0.25, -0.2) is 0 Å². The highest BCUT2D eigenvalue weighted by atomic mass is 32.2. The number of carbonyl (C=O) groups is 2. The topological polar surface area (TPSA) is 67.4 Å². The lowest BCUT2D eigenvalue weighted by Crippen LogP contribution is -2.30. The van der Waals surface area contributed by atoms with Gasteiger partial charge in [-0.05, 0) is 30.2 Å². The van der Waals surface area contributed by atoms with Crippen molar-refractivity contribution in [1.29, 1.82) is 0 Å². The summed E-state index contributed by atoms with van der Waals surface area (Å²) in [6.07, 6.45) is 0.951. The summed E-state index contributed by atoms with van der Waals surface area (Å²) >= 11 is 1.49. The van der Waals surface area contributed by atoms with Gasteiger partial charge in [-0.1, -0.05) is 30.3 Å². The van der Waals surface area contributed by atoms with E-state index in [-0.39, 0.29) is 23.8 Å². The van der Waals surface area contributed by atoms with Crippen LogP contribution in [0.2, 0.25) is 0 Å². The molecule has 2 aliphatic heterocycles. The summed E-state index contributed by atoms with van der Waals surface area (Å²) in [6, 6.07) is 15.6. The fourth-order valence-corrected chi connectivity index (χ4v) is 4.19. The van der Waals surface area contributed by atoms with E-state index in [1.807, 2.05) is 24.3 Å². The molecule has 6 heteroatoms. The zero-order chi connectivity index (χ0) is 17.9. The number of hydrogen-bond acceptors (Lipinski definition) is 4. The van der Waals surface area contributed by atoms with Gasteiger partial charge in [0.25, 0.3) is 5.91 Å². The SMILES string of the molecule is O=C1CSc2ccc(C(=O)NCC3CCOC3c3ccccc3)cc2N1. The molecule has 4 rings (SSSR count). The van der Waals surface area contributed by atoms with E-state index in [4.69, 9.17) is 4.74 Å². The third-order valence-corrected chi connectivity index (χ3v) is 5.82. The first-order valence-corrected chi connectivity index (χ1v) is 9.71. The van der Waals surface area contributed by atoms with Crippen molar-refractivity contribution in [2.45, 2.75) is 17.4 Å². The number of ether oxygens (including phenoxy) is 1. The molecule has 0 radical (unpaired) electrons. The van der Waals surface area contributed by atoms with Gasteiger partial charge in [0.15, 0.2) is 0 Å². The predicted molar refractivity (Wildman–Crippen MR) is 101 cm³/mol. The standard InChI is InChI=1S/C20H20N2O3S/c23-18-12-26-17-7-6-14(10-16(17)22-18)20(24)21-11-15-8-9-25-19(15)13-4-2-1-3-5-13/h1-7,10,15,19H,8-9,11-12H2,(H,21,24)(H,22,23). The molecule has 2 aromatic carbocycles. The summed E-state index contributed by atoms with van der Waals surface area (Å²) in [5, 5.41) is 5.84. The Kier molecular flexibility index (Phi) is 4.95. The molecule has 1 fully saturated rings. The molecule has 2 aliphatic rings. The van der Waals surface area contributed by atoms with Crippen LogP contribution in [0.3, 0.4) is 0 Å². The van der Waals surface area contributed by atoms with Crippen LogP contribution in [-0.4, -0.2) is 30.7 Å². The molecule has 1 saturated heterocycles. The van der Waals surface area contributed by atoms with Crippen molar-refractivity contribution in [3.8, 4) is 0 Å². The van der Waals surface area contributed by atoms with E-state index in [9.17, 15) is 9.59 Å². The minimum absolute atomic E-state index is 0.0238. The average molecular weight is 368 g/mol. The quantitative estimate of drug-likeness (QED) is 0.869. The van der Waals surface area contributed by atoms with Gasteiger partial charge in [0.1, 0.15) is 0 Å². The Morgan fingerprint density at radius 2 is 2.08 bits per heavy atom. The largest absolute Gasteiger partial charge is 0.373 e. The van der Waals surface area contributed by atoms with Crippen molar-refractivity contribution in [1.82, 2.24) is 5.32 Å². The van der Waals surface area contributed by atoms with Gasteiger partial charge in [-0.15, -0.1) is 11.8 Å². The predicted octanol–water partition coefficient (Wildman–Crippen LogP) is 3.24. The molecule has 2 unspecified atom stereocenters. The van der Waals surface area contributed by atoms with E-state index < -0.39 is 0 Å². The number of amides is 2. The van der Waals surface area contributed by atoms with E-state index >= 15 is 0 Å². The molecule has 26 heavy (non-hydrogen) atoms. The van der Waals surface area contributed by atoms with Crippen molar-refractivity contribution < 1.29 is 14.3 Å². The molecule has 134 valence electrons. The molecule has 5 nitrogen and oxygen atoms in total. The fourth-order valence-electron chi connectivity index (χ4n) is 3.40. The van der Waals surface area contributed by atoms with Crippen molar-refractivity contribution in [2.24, 2.45) is 5.92 Å². The lowest BCUT2D eigenvalue weighted by atomic mass is 9.95.